The van der Waals surface area contributed by atoms with E-state index in [1.165, 1.54) is 23.5 Å². The molecule has 2 aromatic rings. The van der Waals surface area contributed by atoms with E-state index in [-0.39, 0.29) is 12.6 Å². The fraction of sp³-hybridized carbons (Fsp3) is 0.400. The van der Waals surface area contributed by atoms with Crippen molar-refractivity contribution in [1.29, 1.82) is 0 Å². The fourth-order valence-corrected chi connectivity index (χ4v) is 5.49. The van der Waals surface area contributed by atoms with Crippen molar-refractivity contribution in [2.45, 2.75) is 23.8 Å². The zero-order valence-corrected chi connectivity index (χ0v) is 16.3. The number of pyridine rings is 1. The van der Waals surface area contributed by atoms with E-state index in [1.54, 1.807) is 6.20 Å². The van der Waals surface area contributed by atoms with Crippen LogP contribution in [0.15, 0.2) is 48.8 Å². The Kier molecular flexibility index (Phi) is 7.70. The number of rotatable bonds is 8. The minimum Gasteiger partial charge on any atom is -0.482 e. The maximum atomic E-state index is 11.8. The van der Waals surface area contributed by atoms with E-state index in [2.05, 4.69) is 17.1 Å². The van der Waals surface area contributed by atoms with Crippen molar-refractivity contribution in [1.82, 2.24) is 4.98 Å². The Morgan fingerprint density at radius 2 is 1.96 bits per heavy atom. The third kappa shape index (κ3) is 6.25. The van der Waals surface area contributed by atoms with Crippen molar-refractivity contribution in [3.05, 3.63) is 59.9 Å². The predicted molar refractivity (Wildman–Crippen MR) is 108 cm³/mol. The third-order valence-corrected chi connectivity index (χ3v) is 6.95. The maximum Gasteiger partial charge on any atom is 0.344 e. The Hall–Kier alpha value is -1.66. The van der Waals surface area contributed by atoms with Gasteiger partial charge in [-0.05, 0) is 60.1 Å². The molecule has 0 unspecified atom stereocenters. The molecule has 0 N–H and O–H groups in total. The summed E-state index contributed by atoms with van der Waals surface area (Å²) in [5.41, 5.74) is 2.46. The first kappa shape index (κ1) is 19.1. The monoisotopic (exact) mass is 389 g/mol. The molecular weight excluding hydrogens is 366 g/mol. The van der Waals surface area contributed by atoms with Crippen molar-refractivity contribution in [3.63, 3.8) is 0 Å². The first-order chi connectivity index (χ1) is 12.8. The largest absolute Gasteiger partial charge is 0.482 e. The number of nitrogens with zero attached hydrogens (tertiary/aromatic N) is 1. The van der Waals surface area contributed by atoms with Crippen LogP contribution in [0.1, 0.15) is 28.6 Å². The fourth-order valence-electron chi connectivity index (χ4n) is 2.59. The minimum absolute atomic E-state index is 0.0564. The van der Waals surface area contributed by atoms with E-state index >= 15 is 0 Å². The van der Waals surface area contributed by atoms with Crippen LogP contribution in [0.25, 0.3) is 0 Å². The van der Waals surface area contributed by atoms with Crippen molar-refractivity contribution in [2.24, 2.45) is 0 Å². The molecule has 0 bridgehead atoms. The Bertz CT molecular complexity index is 673. The molecule has 0 radical (unpaired) electrons. The predicted octanol–water partition coefficient (Wildman–Crippen LogP) is 4.51. The summed E-state index contributed by atoms with van der Waals surface area (Å²) < 4.78 is 11.3. The summed E-state index contributed by atoms with van der Waals surface area (Å²) in [6, 6.07) is 12.0. The van der Waals surface area contributed by atoms with Gasteiger partial charge >= 0.3 is 5.97 Å². The molecule has 4 nitrogen and oxygen atoms in total. The smallest absolute Gasteiger partial charge is 0.344 e. The van der Waals surface area contributed by atoms with E-state index in [9.17, 15) is 4.79 Å². The van der Waals surface area contributed by atoms with Gasteiger partial charge in [0.15, 0.2) is 6.61 Å². The second kappa shape index (κ2) is 10.5. The van der Waals surface area contributed by atoms with Crippen LogP contribution in [0.5, 0.6) is 5.75 Å². The number of esters is 1. The zero-order chi connectivity index (χ0) is 18.0. The summed E-state index contributed by atoms with van der Waals surface area (Å²) in [6.45, 7) is 0.339. The molecule has 1 saturated heterocycles. The molecule has 138 valence electrons. The molecule has 1 aromatic heterocycles. The summed E-state index contributed by atoms with van der Waals surface area (Å²) in [5, 5.41) is 0. The van der Waals surface area contributed by atoms with Crippen molar-refractivity contribution in [3.8, 4) is 5.75 Å². The average molecular weight is 390 g/mol. The number of carbonyl (C=O) groups is 1. The maximum absolute atomic E-state index is 11.8. The molecular formula is C20H23NO3S2. The molecule has 0 atom stereocenters. The lowest BCUT2D eigenvalue weighted by Crippen LogP contribution is -2.15. The second-order valence-electron chi connectivity index (χ2n) is 5.97. The summed E-state index contributed by atoms with van der Waals surface area (Å²) in [6.07, 6.45) is 6.50. The van der Waals surface area contributed by atoms with Gasteiger partial charge in [0.2, 0.25) is 0 Å². The molecule has 0 aliphatic carbocycles. The van der Waals surface area contributed by atoms with Crippen LogP contribution < -0.4 is 4.74 Å². The van der Waals surface area contributed by atoms with Gasteiger partial charge in [-0.15, -0.1) is 23.5 Å². The van der Waals surface area contributed by atoms with Gasteiger partial charge in [-0.2, -0.15) is 0 Å². The number of thioether (sulfide) groups is 2. The summed E-state index contributed by atoms with van der Waals surface area (Å²) in [7, 11) is 0. The SMILES string of the molecule is O=C(COc1ccc(C2SCCCS2)cc1)OCCCc1cccnc1. The van der Waals surface area contributed by atoms with Gasteiger partial charge in [-0.1, -0.05) is 18.2 Å². The molecule has 0 amide bonds. The lowest BCUT2D eigenvalue weighted by atomic mass is 10.2. The molecule has 1 fully saturated rings. The Morgan fingerprint density at radius 1 is 1.15 bits per heavy atom. The Labute approximate surface area is 163 Å². The summed E-state index contributed by atoms with van der Waals surface area (Å²) >= 11 is 3.99. The number of hydrogen-bond donors (Lipinski definition) is 0. The van der Waals surface area contributed by atoms with Crippen LogP contribution in [-0.2, 0) is 16.0 Å². The lowest BCUT2D eigenvalue weighted by Gasteiger charge is -2.21. The van der Waals surface area contributed by atoms with Crippen molar-refractivity contribution in [2.75, 3.05) is 24.7 Å². The van der Waals surface area contributed by atoms with Gasteiger partial charge in [0, 0.05) is 12.4 Å². The lowest BCUT2D eigenvalue weighted by molar-refractivity contribution is -0.146. The van der Waals surface area contributed by atoms with Crippen LogP contribution in [0.3, 0.4) is 0 Å². The normalized spacial score (nSPS) is 14.8. The van der Waals surface area contributed by atoms with E-state index in [0.29, 0.717) is 16.9 Å². The van der Waals surface area contributed by atoms with Crippen LogP contribution in [0.4, 0.5) is 0 Å². The van der Waals surface area contributed by atoms with Gasteiger partial charge in [0.25, 0.3) is 0 Å². The topological polar surface area (TPSA) is 48.4 Å². The van der Waals surface area contributed by atoms with Crippen LogP contribution in [0, 0.1) is 0 Å². The highest BCUT2D eigenvalue weighted by atomic mass is 32.2. The molecule has 1 aromatic carbocycles. The first-order valence-electron chi connectivity index (χ1n) is 8.82. The molecule has 1 aliphatic heterocycles. The van der Waals surface area contributed by atoms with E-state index in [0.717, 1.165) is 18.4 Å². The van der Waals surface area contributed by atoms with Gasteiger partial charge in [-0.25, -0.2) is 4.79 Å². The van der Waals surface area contributed by atoms with E-state index < -0.39 is 0 Å². The van der Waals surface area contributed by atoms with Crippen molar-refractivity contribution < 1.29 is 14.3 Å². The zero-order valence-electron chi connectivity index (χ0n) is 14.6. The molecule has 0 saturated carbocycles. The van der Waals surface area contributed by atoms with Crippen molar-refractivity contribution >= 4 is 29.5 Å². The van der Waals surface area contributed by atoms with Gasteiger partial charge in [0.05, 0.1) is 11.2 Å². The highest BCUT2D eigenvalue weighted by molar-refractivity contribution is 8.16. The minimum atomic E-state index is -0.335. The number of benzene rings is 1. The Morgan fingerprint density at radius 3 is 2.69 bits per heavy atom. The second-order valence-corrected chi connectivity index (χ2v) is 8.69. The molecule has 2 heterocycles. The summed E-state index contributed by atoms with van der Waals surface area (Å²) in [5.74, 6) is 2.82. The third-order valence-electron chi connectivity index (χ3n) is 3.93. The molecule has 0 spiro atoms. The van der Waals surface area contributed by atoms with Crippen LogP contribution in [-0.4, -0.2) is 35.7 Å². The van der Waals surface area contributed by atoms with Gasteiger partial charge < -0.3 is 9.47 Å². The van der Waals surface area contributed by atoms with E-state index in [1.807, 2.05) is 54.0 Å². The van der Waals surface area contributed by atoms with E-state index in [4.69, 9.17) is 9.47 Å². The quantitative estimate of drug-likeness (QED) is 0.489. The molecule has 6 heteroatoms. The first-order valence-corrected chi connectivity index (χ1v) is 10.9. The average Bonchev–Trinajstić information content (AvgIpc) is 2.71. The number of aryl methyl sites for hydroxylation is 1. The molecule has 26 heavy (non-hydrogen) atoms. The van der Waals surface area contributed by atoms with Gasteiger partial charge in [-0.3, -0.25) is 4.98 Å². The number of ether oxygens (including phenoxy) is 2. The summed E-state index contributed by atoms with van der Waals surface area (Å²) in [4.78, 5) is 15.8. The highest BCUT2D eigenvalue weighted by Gasteiger charge is 2.16. The number of hydrogen-bond acceptors (Lipinski definition) is 6. The standard InChI is InChI=1S/C20H23NO3S2/c22-19(23-11-2-5-16-4-1-10-21-14-16)15-24-18-8-6-17(7-9-18)20-25-12-3-13-26-20/h1,4,6-10,14,20H,2-3,5,11-13,15H2. The van der Waals surface area contributed by atoms with Crippen LogP contribution in [0.2, 0.25) is 0 Å². The molecule has 1 aliphatic rings. The molecule has 3 rings (SSSR count). The highest BCUT2D eigenvalue weighted by Crippen LogP contribution is 2.43. The number of carbonyl (C=O) groups excluding carboxylic acids is 1. The Balaban J connectivity index is 1.33. The number of aromatic nitrogens is 1. The van der Waals surface area contributed by atoms with Crippen LogP contribution >= 0.6 is 23.5 Å². The van der Waals surface area contributed by atoms with Gasteiger partial charge in [0.1, 0.15) is 5.75 Å².